The lowest BCUT2D eigenvalue weighted by Crippen LogP contribution is -2.30. The molecular formula is C25H22Cl2N2O5S. The summed E-state index contributed by atoms with van der Waals surface area (Å²) in [6, 6.07) is 19.5. The van der Waals surface area contributed by atoms with Gasteiger partial charge in [0.05, 0.1) is 21.3 Å². The molecule has 0 unspecified atom stereocenters. The van der Waals surface area contributed by atoms with Crippen molar-refractivity contribution in [3.8, 4) is 0 Å². The second-order valence-corrected chi connectivity index (χ2v) is 9.90. The number of carbonyl (C=O) groups excluding carboxylic acids is 2. The van der Waals surface area contributed by atoms with Crippen LogP contribution in [0.5, 0.6) is 0 Å². The zero-order chi connectivity index (χ0) is 25.4. The molecule has 0 heterocycles. The van der Waals surface area contributed by atoms with E-state index in [1.165, 1.54) is 34.7 Å². The van der Waals surface area contributed by atoms with Crippen molar-refractivity contribution in [1.29, 1.82) is 0 Å². The molecule has 3 aromatic carbocycles. The third-order valence-electron chi connectivity index (χ3n) is 4.74. The molecule has 10 heteroatoms. The Balaban J connectivity index is 1.67. The average molecular weight is 533 g/mol. The summed E-state index contributed by atoms with van der Waals surface area (Å²) in [7, 11) is -3.92. The van der Waals surface area contributed by atoms with Crippen LogP contribution < -0.4 is 9.62 Å². The van der Waals surface area contributed by atoms with Crippen molar-refractivity contribution in [2.24, 2.45) is 0 Å². The van der Waals surface area contributed by atoms with Crippen LogP contribution in [0.1, 0.15) is 12.5 Å². The molecule has 1 amide bonds. The maximum absolute atomic E-state index is 13.2. The highest BCUT2D eigenvalue weighted by molar-refractivity contribution is 7.92. The van der Waals surface area contributed by atoms with Crippen LogP contribution in [0.25, 0.3) is 6.08 Å². The number of sulfonamides is 1. The van der Waals surface area contributed by atoms with Crippen LogP contribution >= 0.6 is 23.2 Å². The summed E-state index contributed by atoms with van der Waals surface area (Å²) >= 11 is 12.1. The number of nitrogens with zero attached hydrogens (tertiary/aromatic N) is 1. The Hall–Kier alpha value is -3.33. The van der Waals surface area contributed by atoms with E-state index in [9.17, 15) is 18.0 Å². The number of halogens is 2. The number of amides is 1. The molecule has 0 aliphatic heterocycles. The third kappa shape index (κ3) is 7.08. The van der Waals surface area contributed by atoms with E-state index < -0.39 is 28.5 Å². The number of para-hydroxylation sites is 1. The predicted molar refractivity (Wildman–Crippen MR) is 138 cm³/mol. The highest BCUT2D eigenvalue weighted by Gasteiger charge is 2.24. The first-order chi connectivity index (χ1) is 16.7. The summed E-state index contributed by atoms with van der Waals surface area (Å²) in [5.74, 6) is -1.41. The molecule has 3 rings (SSSR count). The number of esters is 1. The first kappa shape index (κ1) is 26.3. The van der Waals surface area contributed by atoms with Crippen molar-refractivity contribution in [1.82, 2.24) is 0 Å². The van der Waals surface area contributed by atoms with Gasteiger partial charge in [0, 0.05) is 17.6 Å². The molecule has 0 aliphatic rings. The largest absolute Gasteiger partial charge is 0.452 e. The number of anilines is 2. The molecule has 0 radical (unpaired) electrons. The van der Waals surface area contributed by atoms with Gasteiger partial charge in [0.1, 0.15) is 0 Å². The van der Waals surface area contributed by atoms with Gasteiger partial charge in [-0.25, -0.2) is 13.2 Å². The van der Waals surface area contributed by atoms with Crippen LogP contribution in [0.3, 0.4) is 0 Å². The smallest absolute Gasteiger partial charge is 0.331 e. The van der Waals surface area contributed by atoms with Crippen LogP contribution in [-0.4, -0.2) is 33.4 Å². The number of hydrogen-bond acceptors (Lipinski definition) is 5. The Morgan fingerprint density at radius 1 is 1.00 bits per heavy atom. The summed E-state index contributed by atoms with van der Waals surface area (Å²) in [5.41, 5.74) is 1.28. The second-order valence-electron chi connectivity index (χ2n) is 7.19. The van der Waals surface area contributed by atoms with Crippen LogP contribution in [0.4, 0.5) is 11.4 Å². The van der Waals surface area contributed by atoms with Gasteiger partial charge in [-0.05, 0) is 61.0 Å². The molecule has 0 fully saturated rings. The van der Waals surface area contributed by atoms with Crippen molar-refractivity contribution in [3.05, 3.63) is 94.5 Å². The first-order valence-corrected chi connectivity index (χ1v) is 12.7. The summed E-state index contributed by atoms with van der Waals surface area (Å²) in [4.78, 5) is 24.2. The van der Waals surface area contributed by atoms with E-state index in [2.05, 4.69) is 5.32 Å². The molecule has 182 valence electrons. The summed E-state index contributed by atoms with van der Waals surface area (Å²) in [6.07, 6.45) is 2.67. The van der Waals surface area contributed by atoms with Crippen LogP contribution in [0.15, 0.2) is 83.8 Å². The predicted octanol–water partition coefficient (Wildman–Crippen LogP) is 5.40. The molecule has 0 atom stereocenters. The Morgan fingerprint density at radius 3 is 2.43 bits per heavy atom. The zero-order valence-corrected chi connectivity index (χ0v) is 21.0. The molecular weight excluding hydrogens is 511 g/mol. The molecule has 0 bridgehead atoms. The standard InChI is InChI=1S/C25H22Cl2N2O5S/c1-2-29(20-9-4-3-5-10-20)35(32,33)21-12-13-22(27)23(16-21)28-24(30)17-34-25(31)14-11-18-7-6-8-19(26)15-18/h3-16H,2,17H2,1H3,(H,28,30)/b14-11+. The monoisotopic (exact) mass is 532 g/mol. The van der Waals surface area contributed by atoms with Crippen molar-refractivity contribution in [2.45, 2.75) is 11.8 Å². The lowest BCUT2D eigenvalue weighted by atomic mass is 10.2. The van der Waals surface area contributed by atoms with Gasteiger partial charge in [0.25, 0.3) is 15.9 Å². The number of hydrogen-bond donors (Lipinski definition) is 1. The minimum absolute atomic E-state index is 0.0515. The minimum Gasteiger partial charge on any atom is -0.452 e. The van der Waals surface area contributed by atoms with Gasteiger partial charge < -0.3 is 10.1 Å². The quantitative estimate of drug-likeness (QED) is 0.294. The van der Waals surface area contributed by atoms with E-state index in [0.29, 0.717) is 16.3 Å². The van der Waals surface area contributed by atoms with Crippen LogP contribution in [-0.2, 0) is 24.3 Å². The average Bonchev–Trinajstić information content (AvgIpc) is 2.83. The molecule has 0 aliphatic carbocycles. The van der Waals surface area contributed by atoms with E-state index in [-0.39, 0.29) is 22.2 Å². The summed E-state index contributed by atoms with van der Waals surface area (Å²) in [6.45, 7) is 1.34. The number of rotatable bonds is 9. The fourth-order valence-corrected chi connectivity index (χ4v) is 4.98. The third-order valence-corrected chi connectivity index (χ3v) is 7.20. The minimum atomic E-state index is -3.92. The van der Waals surface area contributed by atoms with Crippen molar-refractivity contribution < 1.29 is 22.7 Å². The first-order valence-electron chi connectivity index (χ1n) is 10.5. The topological polar surface area (TPSA) is 92.8 Å². The number of ether oxygens (including phenoxy) is 1. The van der Waals surface area contributed by atoms with E-state index in [4.69, 9.17) is 27.9 Å². The van der Waals surface area contributed by atoms with Gasteiger partial charge in [-0.3, -0.25) is 9.10 Å². The molecule has 3 aromatic rings. The molecule has 0 saturated carbocycles. The van der Waals surface area contributed by atoms with E-state index in [1.807, 2.05) is 0 Å². The zero-order valence-electron chi connectivity index (χ0n) is 18.6. The maximum atomic E-state index is 13.2. The van der Waals surface area contributed by atoms with Gasteiger partial charge in [0.15, 0.2) is 6.61 Å². The lowest BCUT2D eigenvalue weighted by Gasteiger charge is -2.23. The van der Waals surface area contributed by atoms with E-state index in [1.54, 1.807) is 61.5 Å². The van der Waals surface area contributed by atoms with Gasteiger partial charge in [0.2, 0.25) is 0 Å². The maximum Gasteiger partial charge on any atom is 0.331 e. The molecule has 0 spiro atoms. The van der Waals surface area contributed by atoms with Gasteiger partial charge >= 0.3 is 5.97 Å². The molecule has 7 nitrogen and oxygen atoms in total. The number of nitrogens with one attached hydrogen (secondary N) is 1. The fraction of sp³-hybridized carbons (Fsp3) is 0.120. The van der Waals surface area contributed by atoms with Gasteiger partial charge in [-0.1, -0.05) is 53.5 Å². The highest BCUT2D eigenvalue weighted by atomic mass is 35.5. The Labute approximate surface area is 214 Å². The summed E-state index contributed by atoms with van der Waals surface area (Å²) in [5, 5.41) is 3.14. The Kier molecular flexibility index (Phi) is 8.92. The van der Waals surface area contributed by atoms with Crippen molar-refractivity contribution in [2.75, 3.05) is 22.8 Å². The summed E-state index contributed by atoms with van der Waals surface area (Å²) < 4.78 is 32.6. The lowest BCUT2D eigenvalue weighted by molar-refractivity contribution is -0.142. The molecule has 35 heavy (non-hydrogen) atoms. The van der Waals surface area contributed by atoms with Crippen LogP contribution in [0, 0.1) is 0 Å². The fourth-order valence-electron chi connectivity index (χ4n) is 3.12. The van der Waals surface area contributed by atoms with Crippen molar-refractivity contribution in [3.63, 3.8) is 0 Å². The Morgan fingerprint density at radius 2 is 1.74 bits per heavy atom. The second kappa shape index (κ2) is 11.9. The van der Waals surface area contributed by atoms with Gasteiger partial charge in [-0.2, -0.15) is 0 Å². The molecule has 1 N–H and O–H groups in total. The normalized spacial score (nSPS) is 11.3. The van der Waals surface area contributed by atoms with Crippen LogP contribution in [0.2, 0.25) is 10.0 Å². The number of carbonyl (C=O) groups is 2. The molecule has 0 saturated heterocycles. The van der Waals surface area contributed by atoms with E-state index >= 15 is 0 Å². The highest BCUT2D eigenvalue weighted by Crippen LogP contribution is 2.29. The Bertz CT molecular complexity index is 1340. The number of benzene rings is 3. The molecule has 0 aromatic heterocycles. The van der Waals surface area contributed by atoms with E-state index in [0.717, 1.165) is 0 Å². The van der Waals surface area contributed by atoms with Gasteiger partial charge in [-0.15, -0.1) is 0 Å². The van der Waals surface area contributed by atoms with Crippen molar-refractivity contribution >= 4 is 62.6 Å². The SMILES string of the molecule is CCN(c1ccccc1)S(=O)(=O)c1ccc(Cl)c(NC(=O)COC(=O)/C=C/c2cccc(Cl)c2)c1.